The van der Waals surface area contributed by atoms with Gasteiger partial charge in [0.2, 0.25) is 0 Å². The predicted molar refractivity (Wildman–Crippen MR) is 79.9 cm³/mol. The molecular formula is C16H21NO4. The number of benzene rings is 1. The van der Waals surface area contributed by atoms with E-state index in [0.717, 1.165) is 18.3 Å². The van der Waals surface area contributed by atoms with Crippen LogP contribution >= 0.6 is 0 Å². The van der Waals surface area contributed by atoms with E-state index in [4.69, 9.17) is 9.47 Å². The van der Waals surface area contributed by atoms with Gasteiger partial charge in [0.25, 0.3) is 0 Å². The second-order valence-corrected chi connectivity index (χ2v) is 6.15. The van der Waals surface area contributed by atoms with Crippen LogP contribution in [-0.2, 0) is 9.47 Å². The number of carbonyl (C=O) groups excluding carboxylic acids is 2. The molecule has 0 radical (unpaired) electrons. The van der Waals surface area contributed by atoms with E-state index in [1.807, 2.05) is 6.07 Å². The molecule has 1 N–H and O–H groups in total. The Bertz CT molecular complexity index is 528. The lowest BCUT2D eigenvalue weighted by atomic mass is 9.95. The van der Waals surface area contributed by atoms with Gasteiger partial charge in [-0.05, 0) is 38.8 Å². The Labute approximate surface area is 124 Å². The van der Waals surface area contributed by atoms with Gasteiger partial charge in [0.05, 0.1) is 6.61 Å². The number of aldehydes is 1. The van der Waals surface area contributed by atoms with E-state index in [2.05, 4.69) is 5.32 Å². The molecule has 1 unspecified atom stereocenters. The Morgan fingerprint density at radius 3 is 2.76 bits per heavy atom. The third kappa shape index (κ3) is 4.29. The van der Waals surface area contributed by atoms with Crippen LogP contribution in [0.2, 0.25) is 0 Å². The van der Waals surface area contributed by atoms with Crippen LogP contribution in [0.25, 0.3) is 0 Å². The lowest BCUT2D eigenvalue weighted by molar-refractivity contribution is 0.0635. The first-order chi connectivity index (χ1) is 9.89. The van der Waals surface area contributed by atoms with Crippen molar-refractivity contribution in [3.8, 4) is 0 Å². The minimum Gasteiger partial charge on any atom is -0.444 e. The van der Waals surface area contributed by atoms with Gasteiger partial charge in [0.1, 0.15) is 11.9 Å². The maximum Gasteiger partial charge on any atom is 0.412 e. The molecule has 5 nitrogen and oxygen atoms in total. The minimum absolute atomic E-state index is 0.232. The Hall–Kier alpha value is -1.88. The van der Waals surface area contributed by atoms with Gasteiger partial charge in [0, 0.05) is 23.8 Å². The van der Waals surface area contributed by atoms with Crippen LogP contribution in [0.3, 0.4) is 0 Å². The molecule has 1 aromatic rings. The molecule has 1 atom stereocenters. The summed E-state index contributed by atoms with van der Waals surface area (Å²) in [4.78, 5) is 22.9. The number of anilines is 1. The highest BCUT2D eigenvalue weighted by atomic mass is 16.6. The van der Waals surface area contributed by atoms with Crippen molar-refractivity contribution in [2.45, 2.75) is 38.7 Å². The number of nitrogens with one attached hydrogen (secondary N) is 1. The van der Waals surface area contributed by atoms with Crippen LogP contribution in [0.4, 0.5) is 10.5 Å². The molecule has 0 aliphatic carbocycles. The molecule has 1 amide bonds. The third-order valence-corrected chi connectivity index (χ3v) is 3.22. The van der Waals surface area contributed by atoms with Gasteiger partial charge in [-0.3, -0.25) is 10.1 Å². The lowest BCUT2D eigenvalue weighted by Gasteiger charge is -2.21. The second-order valence-electron chi connectivity index (χ2n) is 6.15. The molecule has 0 aromatic heterocycles. The smallest absolute Gasteiger partial charge is 0.412 e. The number of hydrogen-bond donors (Lipinski definition) is 1. The van der Waals surface area contributed by atoms with Gasteiger partial charge in [-0.25, -0.2) is 4.79 Å². The van der Waals surface area contributed by atoms with E-state index in [-0.39, 0.29) is 5.92 Å². The van der Waals surface area contributed by atoms with Gasteiger partial charge < -0.3 is 9.47 Å². The molecule has 1 aromatic carbocycles. The first kappa shape index (κ1) is 15.5. The summed E-state index contributed by atoms with van der Waals surface area (Å²) in [7, 11) is 0. The molecule has 2 rings (SSSR count). The van der Waals surface area contributed by atoms with E-state index in [0.29, 0.717) is 24.5 Å². The van der Waals surface area contributed by atoms with Crippen molar-refractivity contribution in [3.63, 3.8) is 0 Å². The maximum absolute atomic E-state index is 11.9. The van der Waals surface area contributed by atoms with Crippen LogP contribution < -0.4 is 5.32 Å². The standard InChI is InChI=1S/C16H21NO4/c1-16(2,3)21-15(19)17-14-8-11(9-18)4-5-13(14)12-6-7-20-10-12/h4-5,8-9,12H,6-7,10H2,1-3H3,(H,17,19). The predicted octanol–water partition coefficient (Wildman–Crippen LogP) is 3.35. The van der Waals surface area contributed by atoms with E-state index in [9.17, 15) is 9.59 Å². The van der Waals surface area contributed by atoms with Crippen molar-refractivity contribution in [2.24, 2.45) is 0 Å². The van der Waals surface area contributed by atoms with E-state index in [1.54, 1.807) is 32.9 Å². The molecule has 1 aliphatic rings. The minimum atomic E-state index is -0.566. The summed E-state index contributed by atoms with van der Waals surface area (Å²) < 4.78 is 10.7. The zero-order valence-electron chi connectivity index (χ0n) is 12.6. The fourth-order valence-electron chi connectivity index (χ4n) is 2.30. The van der Waals surface area contributed by atoms with Crippen molar-refractivity contribution < 1.29 is 19.1 Å². The highest BCUT2D eigenvalue weighted by molar-refractivity contribution is 5.88. The lowest BCUT2D eigenvalue weighted by Crippen LogP contribution is -2.27. The summed E-state index contributed by atoms with van der Waals surface area (Å²) in [5.74, 6) is 0.232. The molecule has 21 heavy (non-hydrogen) atoms. The highest BCUT2D eigenvalue weighted by Gasteiger charge is 2.23. The van der Waals surface area contributed by atoms with Gasteiger partial charge in [-0.1, -0.05) is 12.1 Å². The fraction of sp³-hybridized carbons (Fsp3) is 0.500. The SMILES string of the molecule is CC(C)(C)OC(=O)Nc1cc(C=O)ccc1C1CCOC1. The van der Waals surface area contributed by atoms with Crippen molar-refractivity contribution >= 4 is 18.1 Å². The number of amides is 1. The number of ether oxygens (including phenoxy) is 2. The Balaban J connectivity index is 2.22. The maximum atomic E-state index is 11.9. The fourth-order valence-corrected chi connectivity index (χ4v) is 2.30. The first-order valence-electron chi connectivity index (χ1n) is 7.06. The van der Waals surface area contributed by atoms with Crippen molar-refractivity contribution in [3.05, 3.63) is 29.3 Å². The molecule has 1 saturated heterocycles. The summed E-state index contributed by atoms with van der Waals surface area (Å²) in [6, 6.07) is 5.29. The zero-order chi connectivity index (χ0) is 15.5. The van der Waals surface area contributed by atoms with Gasteiger partial charge >= 0.3 is 6.09 Å². The molecule has 0 spiro atoms. The largest absolute Gasteiger partial charge is 0.444 e. The average Bonchev–Trinajstić information content (AvgIpc) is 2.90. The normalized spacial score (nSPS) is 18.3. The van der Waals surface area contributed by atoms with Crippen LogP contribution in [0.5, 0.6) is 0 Å². The van der Waals surface area contributed by atoms with E-state index >= 15 is 0 Å². The molecule has 0 bridgehead atoms. The summed E-state index contributed by atoms with van der Waals surface area (Å²) >= 11 is 0. The summed E-state index contributed by atoms with van der Waals surface area (Å²) in [5.41, 5.74) is 1.54. The Kier molecular flexibility index (Phi) is 4.63. The molecule has 0 saturated carbocycles. The van der Waals surface area contributed by atoms with Crippen LogP contribution in [-0.4, -0.2) is 31.2 Å². The van der Waals surface area contributed by atoms with E-state index in [1.165, 1.54) is 0 Å². The molecule has 5 heteroatoms. The quantitative estimate of drug-likeness (QED) is 0.867. The van der Waals surface area contributed by atoms with Crippen molar-refractivity contribution in [1.29, 1.82) is 0 Å². The van der Waals surface area contributed by atoms with Crippen LogP contribution in [0, 0.1) is 0 Å². The second kappa shape index (κ2) is 6.26. The monoisotopic (exact) mass is 291 g/mol. The van der Waals surface area contributed by atoms with Crippen LogP contribution in [0.15, 0.2) is 18.2 Å². The molecule has 114 valence electrons. The van der Waals surface area contributed by atoms with E-state index < -0.39 is 11.7 Å². The summed E-state index contributed by atoms with van der Waals surface area (Å²) in [5, 5.41) is 2.74. The number of carbonyl (C=O) groups is 2. The number of hydrogen-bond acceptors (Lipinski definition) is 4. The first-order valence-corrected chi connectivity index (χ1v) is 7.06. The van der Waals surface area contributed by atoms with Crippen molar-refractivity contribution in [2.75, 3.05) is 18.5 Å². The summed E-state index contributed by atoms with van der Waals surface area (Å²) in [6.45, 7) is 6.76. The van der Waals surface area contributed by atoms with Crippen molar-refractivity contribution in [1.82, 2.24) is 0 Å². The van der Waals surface area contributed by atoms with Gasteiger partial charge in [-0.2, -0.15) is 0 Å². The Morgan fingerprint density at radius 1 is 1.43 bits per heavy atom. The highest BCUT2D eigenvalue weighted by Crippen LogP contribution is 2.31. The van der Waals surface area contributed by atoms with Gasteiger partial charge in [-0.15, -0.1) is 0 Å². The van der Waals surface area contributed by atoms with Crippen LogP contribution in [0.1, 0.15) is 49.0 Å². The molecule has 1 aliphatic heterocycles. The third-order valence-electron chi connectivity index (χ3n) is 3.22. The molecular weight excluding hydrogens is 270 g/mol. The average molecular weight is 291 g/mol. The zero-order valence-corrected chi connectivity index (χ0v) is 12.6. The Morgan fingerprint density at radius 2 is 2.19 bits per heavy atom. The molecule has 1 heterocycles. The number of rotatable bonds is 3. The molecule has 1 fully saturated rings. The topological polar surface area (TPSA) is 64.6 Å². The van der Waals surface area contributed by atoms with Gasteiger partial charge in [0.15, 0.2) is 0 Å². The summed E-state index contributed by atoms with van der Waals surface area (Å²) in [6.07, 6.45) is 1.14.